The minimum atomic E-state index is -0.282. The minimum absolute atomic E-state index is 0.0431. The number of halogens is 2. The third-order valence-corrected chi connectivity index (χ3v) is 5.72. The molecule has 9 heteroatoms. The zero-order valence-electron chi connectivity index (χ0n) is 15.9. The Morgan fingerprint density at radius 3 is 2.90 bits per heavy atom. The monoisotopic (exact) mass is 433 g/mol. The molecule has 152 valence electrons. The number of imidazole rings is 1. The van der Waals surface area contributed by atoms with Crippen LogP contribution >= 0.6 is 23.2 Å². The molecule has 0 spiro atoms. The van der Waals surface area contributed by atoms with E-state index >= 15 is 0 Å². The van der Waals surface area contributed by atoms with Crippen LogP contribution in [-0.4, -0.2) is 32.9 Å². The predicted molar refractivity (Wildman–Crippen MR) is 113 cm³/mol. The molecule has 0 aromatic carbocycles. The summed E-state index contributed by atoms with van der Waals surface area (Å²) in [7, 11) is 0. The van der Waals surface area contributed by atoms with Crippen molar-refractivity contribution in [2.45, 2.75) is 38.8 Å². The number of nitrogens with one attached hydrogen (secondary N) is 1. The van der Waals surface area contributed by atoms with Crippen molar-refractivity contribution in [3.8, 4) is 0 Å². The summed E-state index contributed by atoms with van der Waals surface area (Å²) < 4.78 is 7.17. The number of nitrogens with two attached hydrogens (primary N) is 1. The lowest BCUT2D eigenvalue weighted by atomic mass is 9.97. The Kier molecular flexibility index (Phi) is 5.63. The van der Waals surface area contributed by atoms with Crippen molar-refractivity contribution in [3.63, 3.8) is 0 Å². The van der Waals surface area contributed by atoms with Crippen molar-refractivity contribution in [3.05, 3.63) is 57.3 Å². The largest absolute Gasteiger partial charge is 0.496 e. The van der Waals surface area contributed by atoms with E-state index in [2.05, 4.69) is 15.3 Å². The first kappa shape index (κ1) is 19.9. The summed E-state index contributed by atoms with van der Waals surface area (Å²) in [5.74, 6) is 0.145. The molecule has 2 aromatic heterocycles. The molecule has 0 saturated carbocycles. The van der Waals surface area contributed by atoms with Gasteiger partial charge in [-0.1, -0.05) is 23.2 Å². The molecule has 0 unspecified atom stereocenters. The number of aromatic nitrogens is 3. The number of rotatable bonds is 5. The van der Waals surface area contributed by atoms with E-state index in [4.69, 9.17) is 33.7 Å². The van der Waals surface area contributed by atoms with Gasteiger partial charge in [0.25, 0.3) is 5.91 Å². The van der Waals surface area contributed by atoms with Crippen molar-refractivity contribution >= 4 is 40.5 Å². The van der Waals surface area contributed by atoms with Crippen molar-refractivity contribution < 1.29 is 9.53 Å². The summed E-state index contributed by atoms with van der Waals surface area (Å²) in [6.07, 6.45) is 9.11. The maximum Gasteiger partial charge on any atom is 0.271 e. The van der Waals surface area contributed by atoms with Crippen LogP contribution in [0.4, 0.5) is 0 Å². The fourth-order valence-electron chi connectivity index (χ4n) is 3.58. The first-order valence-electron chi connectivity index (χ1n) is 9.40. The number of carbonyl (C=O) groups is 1. The number of hydrogen-bond acceptors (Lipinski definition) is 5. The zero-order valence-corrected chi connectivity index (χ0v) is 17.4. The Balaban J connectivity index is 1.74. The summed E-state index contributed by atoms with van der Waals surface area (Å²) in [6, 6.07) is 0. The van der Waals surface area contributed by atoms with Crippen molar-refractivity contribution in [1.29, 1.82) is 0 Å². The number of nitrogens with zero attached hydrogens (tertiary/aromatic N) is 3. The highest BCUT2D eigenvalue weighted by atomic mass is 35.5. The Bertz CT molecular complexity index is 1060. The van der Waals surface area contributed by atoms with Crippen LogP contribution in [0.1, 0.15) is 46.7 Å². The summed E-state index contributed by atoms with van der Waals surface area (Å²) in [5, 5.41) is 4.14. The highest BCUT2D eigenvalue weighted by Crippen LogP contribution is 2.37. The summed E-state index contributed by atoms with van der Waals surface area (Å²) in [6.45, 7) is 2.58. The third-order valence-electron chi connectivity index (χ3n) is 5.08. The van der Waals surface area contributed by atoms with Gasteiger partial charge < -0.3 is 15.8 Å². The van der Waals surface area contributed by atoms with Crippen molar-refractivity contribution in [2.75, 3.05) is 6.54 Å². The smallest absolute Gasteiger partial charge is 0.271 e. The lowest BCUT2D eigenvalue weighted by molar-refractivity contribution is 0.0913. The van der Waals surface area contributed by atoms with E-state index < -0.39 is 0 Å². The van der Waals surface area contributed by atoms with Crippen LogP contribution in [0.5, 0.6) is 0 Å². The molecule has 1 aliphatic carbocycles. The third kappa shape index (κ3) is 3.90. The first-order chi connectivity index (χ1) is 14.0. The molecule has 2 aliphatic rings. The Hall–Kier alpha value is -2.35. The topological polar surface area (TPSA) is 94.5 Å². The Morgan fingerprint density at radius 2 is 2.21 bits per heavy atom. The molecule has 7 nitrogen and oxygen atoms in total. The molecule has 29 heavy (non-hydrogen) atoms. The molecule has 3 heterocycles. The highest BCUT2D eigenvalue weighted by Gasteiger charge is 2.23. The van der Waals surface area contributed by atoms with E-state index in [0.29, 0.717) is 41.8 Å². The maximum absolute atomic E-state index is 12.6. The zero-order chi connectivity index (χ0) is 20.5. The van der Waals surface area contributed by atoms with Crippen LogP contribution in [0.2, 0.25) is 0 Å². The second-order valence-corrected chi connectivity index (χ2v) is 7.91. The first-order valence-corrected chi connectivity index (χ1v) is 10.2. The summed E-state index contributed by atoms with van der Waals surface area (Å²) in [5.41, 5.74) is 9.68. The van der Waals surface area contributed by atoms with E-state index in [0.717, 1.165) is 28.9 Å². The number of aryl methyl sites for hydroxylation is 1. The molecule has 1 aliphatic heterocycles. The Labute approximate surface area is 178 Å². The molecule has 0 bridgehead atoms. The van der Waals surface area contributed by atoms with Gasteiger partial charge in [0.2, 0.25) is 5.78 Å². The van der Waals surface area contributed by atoms with Crippen LogP contribution in [0.3, 0.4) is 0 Å². The van der Waals surface area contributed by atoms with Crippen LogP contribution in [-0.2, 0) is 11.3 Å². The molecule has 0 radical (unpaired) electrons. The minimum Gasteiger partial charge on any atom is -0.496 e. The van der Waals surface area contributed by atoms with Gasteiger partial charge in [0.05, 0.1) is 18.5 Å². The van der Waals surface area contributed by atoms with Crippen molar-refractivity contribution in [2.24, 2.45) is 5.73 Å². The molecule has 1 atom stereocenters. The van der Waals surface area contributed by atoms with Gasteiger partial charge in [-0.05, 0) is 37.5 Å². The summed E-state index contributed by atoms with van der Waals surface area (Å²) >= 11 is 12.7. The molecular formula is C20H21Cl2N5O2. The summed E-state index contributed by atoms with van der Waals surface area (Å²) in [4.78, 5) is 21.6. The van der Waals surface area contributed by atoms with Crippen LogP contribution in [0.15, 0.2) is 34.7 Å². The van der Waals surface area contributed by atoms with E-state index in [9.17, 15) is 4.79 Å². The van der Waals surface area contributed by atoms with Gasteiger partial charge >= 0.3 is 0 Å². The molecule has 0 saturated heterocycles. The number of allylic oxidation sites excluding steroid dienone is 4. The van der Waals surface area contributed by atoms with E-state index in [1.165, 1.54) is 0 Å². The van der Waals surface area contributed by atoms with Gasteiger partial charge in [-0.25, -0.2) is 9.97 Å². The number of ether oxygens (including phenoxy) is 1. The van der Waals surface area contributed by atoms with Gasteiger partial charge in [-0.2, -0.15) is 0 Å². The van der Waals surface area contributed by atoms with Gasteiger partial charge in [0, 0.05) is 40.5 Å². The SMILES string of the molecule is Cc1nc2nc(C(=O)NC[C@H]3CC=CO3)cn2c(C2=C(Cl)C=C(Cl)CC2)c1CN. The standard InChI is InChI=1S/C20H21Cl2N5O2/c1-11-15(8-23)18(14-5-4-12(21)7-16(14)22)27-10-17(26-20(27)25-11)19(28)24-9-13-3-2-6-29-13/h2,6-7,10,13H,3-5,8-9,23H2,1H3,(H,24,28)/t13-/m1/s1. The molecule has 0 fully saturated rings. The van der Waals surface area contributed by atoms with Gasteiger partial charge in [-0.3, -0.25) is 9.20 Å². The average Bonchev–Trinajstić information content (AvgIpc) is 3.35. The normalized spacial score (nSPS) is 18.9. The van der Waals surface area contributed by atoms with Gasteiger partial charge in [-0.15, -0.1) is 0 Å². The van der Waals surface area contributed by atoms with Crippen molar-refractivity contribution in [1.82, 2.24) is 19.7 Å². The maximum atomic E-state index is 12.6. The van der Waals surface area contributed by atoms with Crippen LogP contribution < -0.4 is 11.1 Å². The molecule has 4 rings (SSSR count). The second kappa shape index (κ2) is 8.18. The fraction of sp³-hybridized carbons (Fsp3) is 0.350. The molecule has 1 amide bonds. The number of hydrogen-bond donors (Lipinski definition) is 2. The lowest BCUT2D eigenvalue weighted by Gasteiger charge is -2.19. The van der Waals surface area contributed by atoms with Gasteiger partial charge in [0.1, 0.15) is 11.8 Å². The number of carbonyl (C=O) groups excluding carboxylic acids is 1. The molecule has 2 aromatic rings. The quantitative estimate of drug-likeness (QED) is 0.753. The number of amides is 1. The Morgan fingerprint density at radius 1 is 1.38 bits per heavy atom. The lowest BCUT2D eigenvalue weighted by Crippen LogP contribution is -2.31. The second-order valence-electron chi connectivity index (χ2n) is 7.02. The number of fused-ring (bicyclic) bond motifs is 1. The molecular weight excluding hydrogens is 413 g/mol. The average molecular weight is 434 g/mol. The van der Waals surface area contributed by atoms with E-state index in [1.54, 1.807) is 22.9 Å². The van der Waals surface area contributed by atoms with Crippen LogP contribution in [0, 0.1) is 6.92 Å². The molecule has 3 N–H and O–H groups in total. The van der Waals surface area contributed by atoms with E-state index in [1.807, 2.05) is 13.0 Å². The fourth-order valence-corrected chi connectivity index (χ4v) is 4.15. The van der Waals surface area contributed by atoms with E-state index in [-0.39, 0.29) is 17.7 Å². The van der Waals surface area contributed by atoms with Crippen LogP contribution in [0.25, 0.3) is 11.4 Å². The van der Waals surface area contributed by atoms with Gasteiger partial charge in [0.15, 0.2) is 0 Å². The predicted octanol–water partition coefficient (Wildman–Crippen LogP) is 3.40. The highest BCUT2D eigenvalue weighted by molar-refractivity contribution is 6.37.